The molecule has 1 fully saturated rings. The molecule has 0 unspecified atom stereocenters. The molecule has 4 nitrogen and oxygen atoms in total. The minimum Gasteiger partial charge on any atom is -0.481 e. The van der Waals surface area contributed by atoms with E-state index in [4.69, 9.17) is 5.11 Å². The van der Waals surface area contributed by atoms with Crippen LogP contribution in [0.1, 0.15) is 45.4 Å². The molecule has 1 aliphatic rings. The Morgan fingerprint density at radius 1 is 1.31 bits per heavy atom. The Hall–Kier alpha value is -1.06. The van der Waals surface area contributed by atoms with Crippen molar-refractivity contribution < 1.29 is 14.7 Å². The quantitative estimate of drug-likeness (QED) is 0.780. The van der Waals surface area contributed by atoms with Crippen LogP contribution in [0.2, 0.25) is 0 Å². The number of carbonyl (C=O) groups excluding carboxylic acids is 1. The first-order valence-electron chi connectivity index (χ1n) is 6.13. The van der Waals surface area contributed by atoms with Crippen LogP contribution in [0.4, 0.5) is 0 Å². The van der Waals surface area contributed by atoms with E-state index >= 15 is 0 Å². The van der Waals surface area contributed by atoms with Gasteiger partial charge < -0.3 is 10.0 Å². The Bertz CT molecular complexity index is 245. The zero-order chi connectivity index (χ0) is 12.0. The number of carbonyl (C=O) groups is 2. The molecule has 0 aromatic heterocycles. The largest absolute Gasteiger partial charge is 0.481 e. The number of aliphatic carboxylic acids is 1. The monoisotopic (exact) mass is 227 g/mol. The lowest BCUT2D eigenvalue weighted by molar-refractivity contribution is -0.138. The number of amides is 1. The highest BCUT2D eigenvalue weighted by molar-refractivity contribution is 5.76. The summed E-state index contributed by atoms with van der Waals surface area (Å²) >= 11 is 0. The fraction of sp³-hybridized carbons (Fsp3) is 0.833. The van der Waals surface area contributed by atoms with Crippen LogP contribution in [0, 0.1) is 5.92 Å². The summed E-state index contributed by atoms with van der Waals surface area (Å²) < 4.78 is 0. The van der Waals surface area contributed by atoms with Crippen molar-refractivity contribution in [2.45, 2.75) is 45.4 Å². The van der Waals surface area contributed by atoms with Crippen molar-refractivity contribution in [2.24, 2.45) is 5.92 Å². The number of hydrogen-bond acceptors (Lipinski definition) is 2. The average molecular weight is 227 g/mol. The predicted molar refractivity (Wildman–Crippen MR) is 61.1 cm³/mol. The summed E-state index contributed by atoms with van der Waals surface area (Å²) in [6.45, 7) is 3.55. The van der Waals surface area contributed by atoms with E-state index < -0.39 is 5.97 Å². The summed E-state index contributed by atoms with van der Waals surface area (Å²) in [5.74, 6) is -0.237. The molecule has 1 N–H and O–H groups in total. The van der Waals surface area contributed by atoms with Crippen molar-refractivity contribution in [3.63, 3.8) is 0 Å². The van der Waals surface area contributed by atoms with Gasteiger partial charge in [0.2, 0.25) is 5.91 Å². The van der Waals surface area contributed by atoms with Gasteiger partial charge in [-0.25, -0.2) is 0 Å². The third kappa shape index (κ3) is 4.21. The Labute approximate surface area is 96.6 Å². The molecule has 1 aliphatic heterocycles. The molecule has 4 heteroatoms. The lowest BCUT2D eigenvalue weighted by Crippen LogP contribution is -2.38. The van der Waals surface area contributed by atoms with Crippen molar-refractivity contribution in [1.82, 2.24) is 4.90 Å². The number of piperidine rings is 1. The van der Waals surface area contributed by atoms with Crippen molar-refractivity contribution >= 4 is 11.9 Å². The third-order valence-corrected chi connectivity index (χ3v) is 3.17. The van der Waals surface area contributed by atoms with E-state index in [1.54, 1.807) is 0 Å². The van der Waals surface area contributed by atoms with E-state index in [0.717, 1.165) is 38.8 Å². The topological polar surface area (TPSA) is 57.6 Å². The zero-order valence-electron chi connectivity index (χ0n) is 9.95. The van der Waals surface area contributed by atoms with Gasteiger partial charge >= 0.3 is 5.97 Å². The van der Waals surface area contributed by atoms with Gasteiger partial charge in [0, 0.05) is 25.9 Å². The molecular formula is C12H21NO3. The molecule has 0 spiro atoms. The molecule has 92 valence electrons. The van der Waals surface area contributed by atoms with Crippen molar-refractivity contribution in [3.05, 3.63) is 0 Å². The standard InChI is InChI=1S/C12H21NO3/c1-2-3-4-11(14)13-7-5-10(6-8-13)9-12(15)16/h10H,2-9H2,1H3,(H,15,16). The predicted octanol–water partition coefficient (Wildman–Crippen LogP) is 1.89. The van der Waals surface area contributed by atoms with Crippen LogP contribution in [-0.4, -0.2) is 35.0 Å². The van der Waals surface area contributed by atoms with Crippen molar-refractivity contribution in [3.8, 4) is 0 Å². The van der Waals surface area contributed by atoms with Gasteiger partial charge in [-0.1, -0.05) is 13.3 Å². The molecule has 0 saturated carbocycles. The molecule has 0 atom stereocenters. The molecule has 0 aliphatic carbocycles. The summed E-state index contributed by atoms with van der Waals surface area (Å²) in [6, 6.07) is 0. The smallest absolute Gasteiger partial charge is 0.303 e. The zero-order valence-corrected chi connectivity index (χ0v) is 9.95. The van der Waals surface area contributed by atoms with Crippen molar-refractivity contribution in [2.75, 3.05) is 13.1 Å². The average Bonchev–Trinajstić information content (AvgIpc) is 2.26. The molecule has 16 heavy (non-hydrogen) atoms. The molecule has 1 rings (SSSR count). The molecule has 1 amide bonds. The molecule has 0 aromatic rings. The Kier molecular flexibility index (Phi) is 5.29. The first kappa shape index (κ1) is 13.0. The number of likely N-dealkylation sites (tertiary alicyclic amines) is 1. The summed E-state index contributed by atoms with van der Waals surface area (Å²) in [6.07, 6.45) is 4.56. The number of rotatable bonds is 5. The van der Waals surface area contributed by atoms with E-state index in [9.17, 15) is 9.59 Å². The highest BCUT2D eigenvalue weighted by Gasteiger charge is 2.23. The van der Waals surface area contributed by atoms with Gasteiger partial charge in [-0.2, -0.15) is 0 Å². The Morgan fingerprint density at radius 3 is 2.44 bits per heavy atom. The van der Waals surface area contributed by atoms with Gasteiger partial charge in [0.05, 0.1) is 0 Å². The minimum absolute atomic E-state index is 0.232. The van der Waals surface area contributed by atoms with Crippen LogP contribution in [0.15, 0.2) is 0 Å². The number of unbranched alkanes of at least 4 members (excludes halogenated alkanes) is 1. The molecule has 1 heterocycles. The van der Waals surface area contributed by atoms with E-state index in [1.807, 2.05) is 4.90 Å². The SMILES string of the molecule is CCCCC(=O)N1CCC(CC(=O)O)CC1. The normalized spacial score (nSPS) is 17.4. The first-order chi connectivity index (χ1) is 7.63. The highest BCUT2D eigenvalue weighted by Crippen LogP contribution is 2.21. The third-order valence-electron chi connectivity index (χ3n) is 3.17. The summed E-state index contributed by atoms with van der Waals surface area (Å²) in [4.78, 5) is 24.1. The lowest BCUT2D eigenvalue weighted by Gasteiger charge is -2.31. The second-order valence-electron chi connectivity index (χ2n) is 4.53. The van der Waals surface area contributed by atoms with Crippen LogP contribution >= 0.6 is 0 Å². The highest BCUT2D eigenvalue weighted by atomic mass is 16.4. The molecular weight excluding hydrogens is 206 g/mol. The number of carboxylic acids is 1. The molecule has 0 bridgehead atoms. The second kappa shape index (κ2) is 6.51. The molecule has 0 radical (unpaired) electrons. The molecule has 1 saturated heterocycles. The van der Waals surface area contributed by atoms with Crippen LogP contribution in [0.5, 0.6) is 0 Å². The molecule has 0 aromatic carbocycles. The van der Waals surface area contributed by atoms with Gasteiger partial charge in [0.15, 0.2) is 0 Å². The summed E-state index contributed by atoms with van der Waals surface area (Å²) in [5.41, 5.74) is 0. The first-order valence-corrected chi connectivity index (χ1v) is 6.13. The van der Waals surface area contributed by atoms with E-state index in [0.29, 0.717) is 6.42 Å². The Morgan fingerprint density at radius 2 is 1.94 bits per heavy atom. The maximum Gasteiger partial charge on any atom is 0.303 e. The van der Waals surface area contributed by atoms with Crippen LogP contribution in [-0.2, 0) is 9.59 Å². The van der Waals surface area contributed by atoms with E-state index in [1.165, 1.54) is 0 Å². The minimum atomic E-state index is -0.726. The number of carboxylic acid groups (broad SMARTS) is 1. The van der Waals surface area contributed by atoms with Gasteiger partial charge in [-0.05, 0) is 25.2 Å². The Balaban J connectivity index is 2.25. The number of hydrogen-bond donors (Lipinski definition) is 1. The number of nitrogens with zero attached hydrogens (tertiary/aromatic N) is 1. The van der Waals surface area contributed by atoms with Gasteiger partial charge in [-0.15, -0.1) is 0 Å². The van der Waals surface area contributed by atoms with Crippen LogP contribution in [0.25, 0.3) is 0 Å². The maximum atomic E-state index is 11.7. The van der Waals surface area contributed by atoms with Crippen molar-refractivity contribution in [1.29, 1.82) is 0 Å². The fourth-order valence-corrected chi connectivity index (χ4v) is 2.12. The van der Waals surface area contributed by atoms with Crippen LogP contribution in [0.3, 0.4) is 0 Å². The second-order valence-corrected chi connectivity index (χ2v) is 4.53. The van der Waals surface area contributed by atoms with Gasteiger partial charge in [0.25, 0.3) is 0 Å². The summed E-state index contributed by atoms with van der Waals surface area (Å²) in [5, 5.41) is 8.68. The van der Waals surface area contributed by atoms with E-state index in [-0.39, 0.29) is 18.2 Å². The van der Waals surface area contributed by atoms with Crippen LogP contribution < -0.4 is 0 Å². The lowest BCUT2D eigenvalue weighted by atomic mass is 9.93. The summed E-state index contributed by atoms with van der Waals surface area (Å²) in [7, 11) is 0. The maximum absolute atomic E-state index is 11.7. The van der Waals surface area contributed by atoms with Gasteiger partial charge in [-0.3, -0.25) is 9.59 Å². The fourth-order valence-electron chi connectivity index (χ4n) is 2.12. The van der Waals surface area contributed by atoms with Gasteiger partial charge in [0.1, 0.15) is 0 Å². The van der Waals surface area contributed by atoms with E-state index in [2.05, 4.69) is 6.92 Å².